The molecule has 0 aromatic heterocycles. The Bertz CT molecular complexity index is 561. The first-order valence-corrected chi connectivity index (χ1v) is 7.14. The topological polar surface area (TPSA) is 107 Å². The first-order valence-electron chi connectivity index (χ1n) is 6.50. The summed E-state index contributed by atoms with van der Waals surface area (Å²) in [6.07, 6.45) is 0. The van der Waals surface area contributed by atoms with E-state index in [2.05, 4.69) is 17.9 Å². The molecule has 0 aliphatic rings. The number of nitrogens with zero attached hydrogens (tertiary/aromatic N) is 1. The molecule has 2 atom stereocenters. The van der Waals surface area contributed by atoms with Gasteiger partial charge in [0.2, 0.25) is 11.8 Å². The van der Waals surface area contributed by atoms with Crippen molar-refractivity contribution in [3.63, 3.8) is 0 Å². The summed E-state index contributed by atoms with van der Waals surface area (Å²) in [6.45, 7) is 2.62. The minimum Gasteiger partial charge on any atom is -0.508 e. The van der Waals surface area contributed by atoms with Crippen LogP contribution in [-0.2, 0) is 14.4 Å². The van der Waals surface area contributed by atoms with Gasteiger partial charge in [-0.05, 0) is 31.2 Å². The molecule has 1 aromatic carbocycles. The van der Waals surface area contributed by atoms with Crippen LogP contribution in [0.15, 0.2) is 24.3 Å². The van der Waals surface area contributed by atoms with E-state index in [0.717, 1.165) is 0 Å². The highest BCUT2D eigenvalue weighted by Crippen LogP contribution is 2.21. The molecular formula is C14H18N2O5S. The van der Waals surface area contributed by atoms with Crippen LogP contribution >= 0.6 is 12.6 Å². The zero-order valence-electron chi connectivity index (χ0n) is 12.2. The number of rotatable bonds is 6. The van der Waals surface area contributed by atoms with Crippen molar-refractivity contribution in [3.8, 4) is 5.75 Å². The van der Waals surface area contributed by atoms with Gasteiger partial charge in [-0.25, -0.2) is 0 Å². The molecule has 0 fully saturated rings. The predicted molar refractivity (Wildman–Crippen MR) is 84.1 cm³/mol. The smallest absolute Gasteiger partial charge is 0.325 e. The number of hydrogen-bond donors (Lipinski definition) is 4. The number of phenolic OH excluding ortho intramolecular Hbond substituents is 1. The summed E-state index contributed by atoms with van der Waals surface area (Å²) < 4.78 is 0. The summed E-state index contributed by atoms with van der Waals surface area (Å²) in [5.74, 6) is -2.15. The van der Waals surface area contributed by atoms with Crippen LogP contribution in [-0.4, -0.2) is 45.8 Å². The van der Waals surface area contributed by atoms with Gasteiger partial charge in [0.05, 0.1) is 0 Å². The predicted octanol–water partition coefficient (Wildman–Crippen LogP) is 0.633. The second kappa shape index (κ2) is 7.69. The number of benzene rings is 1. The Hall–Kier alpha value is -2.22. The SMILES string of the molecule is CC(=O)N(c1ccc(O)cc1)[C@@H](CS)C(=O)N[C@@H](C)C(=O)O. The molecule has 0 spiro atoms. The van der Waals surface area contributed by atoms with Gasteiger partial charge >= 0.3 is 5.97 Å². The van der Waals surface area contributed by atoms with Crippen LogP contribution in [0.3, 0.4) is 0 Å². The molecule has 0 aliphatic heterocycles. The lowest BCUT2D eigenvalue weighted by atomic mass is 10.2. The van der Waals surface area contributed by atoms with Gasteiger partial charge < -0.3 is 15.5 Å². The van der Waals surface area contributed by atoms with Crippen molar-refractivity contribution in [2.75, 3.05) is 10.7 Å². The largest absolute Gasteiger partial charge is 0.508 e. The maximum Gasteiger partial charge on any atom is 0.325 e. The van der Waals surface area contributed by atoms with Gasteiger partial charge in [-0.15, -0.1) is 0 Å². The van der Waals surface area contributed by atoms with E-state index < -0.39 is 29.9 Å². The Morgan fingerprint density at radius 3 is 2.23 bits per heavy atom. The molecule has 2 amide bonds. The quantitative estimate of drug-likeness (QED) is 0.574. The summed E-state index contributed by atoms with van der Waals surface area (Å²) in [5, 5.41) is 20.5. The molecule has 22 heavy (non-hydrogen) atoms. The summed E-state index contributed by atoms with van der Waals surface area (Å²) in [4.78, 5) is 36.1. The van der Waals surface area contributed by atoms with Crippen molar-refractivity contribution < 1.29 is 24.6 Å². The second-order valence-corrected chi connectivity index (χ2v) is 5.04. The highest BCUT2D eigenvalue weighted by molar-refractivity contribution is 7.80. The number of nitrogens with one attached hydrogen (secondary N) is 1. The molecule has 0 heterocycles. The fourth-order valence-electron chi connectivity index (χ4n) is 1.85. The first-order chi connectivity index (χ1) is 10.3. The minimum absolute atomic E-state index is 0.0125. The van der Waals surface area contributed by atoms with Gasteiger partial charge in [-0.1, -0.05) is 0 Å². The van der Waals surface area contributed by atoms with E-state index in [4.69, 9.17) is 5.11 Å². The van der Waals surface area contributed by atoms with Crippen molar-refractivity contribution in [2.24, 2.45) is 0 Å². The van der Waals surface area contributed by atoms with Crippen LogP contribution in [0.4, 0.5) is 5.69 Å². The summed E-state index contributed by atoms with van der Waals surface area (Å²) in [5.41, 5.74) is 0.405. The zero-order valence-corrected chi connectivity index (χ0v) is 13.1. The van der Waals surface area contributed by atoms with Crippen LogP contribution in [0, 0.1) is 0 Å². The van der Waals surface area contributed by atoms with Gasteiger partial charge in [0.15, 0.2) is 0 Å². The number of thiol groups is 1. The minimum atomic E-state index is -1.18. The molecule has 120 valence electrons. The highest BCUT2D eigenvalue weighted by Gasteiger charge is 2.30. The van der Waals surface area contributed by atoms with Gasteiger partial charge in [0.1, 0.15) is 17.8 Å². The number of carbonyl (C=O) groups excluding carboxylic acids is 2. The van der Waals surface area contributed by atoms with Crippen LogP contribution in [0.5, 0.6) is 5.75 Å². The van der Waals surface area contributed by atoms with Crippen molar-refractivity contribution >= 4 is 36.1 Å². The second-order valence-electron chi connectivity index (χ2n) is 4.67. The van der Waals surface area contributed by atoms with Gasteiger partial charge in [0.25, 0.3) is 0 Å². The number of anilines is 1. The normalized spacial score (nSPS) is 13.0. The molecule has 3 N–H and O–H groups in total. The van der Waals surface area contributed by atoms with Crippen LogP contribution < -0.4 is 10.2 Å². The van der Waals surface area contributed by atoms with Crippen molar-refractivity contribution in [1.29, 1.82) is 0 Å². The Morgan fingerprint density at radius 2 is 1.82 bits per heavy atom. The summed E-state index contributed by atoms with van der Waals surface area (Å²) in [6, 6.07) is 3.70. The lowest BCUT2D eigenvalue weighted by molar-refractivity contribution is -0.141. The Kier molecular flexibility index (Phi) is 6.24. The van der Waals surface area contributed by atoms with E-state index in [9.17, 15) is 19.5 Å². The maximum atomic E-state index is 12.2. The fraction of sp³-hybridized carbons (Fsp3) is 0.357. The van der Waals surface area contributed by atoms with E-state index in [0.29, 0.717) is 5.69 Å². The molecule has 8 heteroatoms. The number of hydrogen-bond acceptors (Lipinski definition) is 5. The third kappa shape index (κ3) is 4.39. The third-order valence-electron chi connectivity index (χ3n) is 2.98. The number of carbonyl (C=O) groups is 3. The number of aromatic hydroxyl groups is 1. The lowest BCUT2D eigenvalue weighted by Gasteiger charge is -2.29. The molecule has 0 unspecified atom stereocenters. The molecule has 0 radical (unpaired) electrons. The zero-order chi connectivity index (χ0) is 16.9. The molecular weight excluding hydrogens is 308 g/mol. The van der Waals surface area contributed by atoms with E-state index >= 15 is 0 Å². The van der Waals surface area contributed by atoms with E-state index in [1.54, 1.807) is 0 Å². The van der Waals surface area contributed by atoms with Gasteiger partial charge in [-0.2, -0.15) is 12.6 Å². The first kappa shape index (κ1) is 17.8. The number of carboxylic acid groups (broad SMARTS) is 1. The van der Waals surface area contributed by atoms with E-state index in [-0.39, 0.29) is 11.5 Å². The van der Waals surface area contributed by atoms with Crippen molar-refractivity contribution in [1.82, 2.24) is 5.32 Å². The van der Waals surface area contributed by atoms with Crippen LogP contribution in [0.2, 0.25) is 0 Å². The Morgan fingerprint density at radius 1 is 1.27 bits per heavy atom. The Balaban J connectivity index is 3.05. The number of amides is 2. The number of carboxylic acids is 1. The van der Waals surface area contributed by atoms with E-state index in [1.165, 1.54) is 43.0 Å². The van der Waals surface area contributed by atoms with Crippen LogP contribution in [0.25, 0.3) is 0 Å². The standard InChI is InChI=1S/C14H18N2O5S/c1-8(14(20)21)15-13(19)12(7-22)16(9(2)17)10-3-5-11(18)6-4-10/h3-6,8,12,18,22H,7H2,1-2H3,(H,15,19)(H,20,21)/t8-,12-/m0/s1. The number of phenols is 1. The summed E-state index contributed by atoms with van der Waals surface area (Å²) >= 11 is 4.08. The fourth-order valence-corrected chi connectivity index (χ4v) is 2.18. The van der Waals surface area contributed by atoms with Crippen molar-refractivity contribution in [2.45, 2.75) is 25.9 Å². The lowest BCUT2D eigenvalue weighted by Crippen LogP contribution is -2.53. The van der Waals surface area contributed by atoms with Gasteiger partial charge in [0, 0.05) is 18.4 Å². The van der Waals surface area contributed by atoms with Crippen molar-refractivity contribution in [3.05, 3.63) is 24.3 Å². The molecule has 0 bridgehead atoms. The molecule has 0 aliphatic carbocycles. The van der Waals surface area contributed by atoms with E-state index in [1.807, 2.05) is 0 Å². The molecule has 7 nitrogen and oxygen atoms in total. The number of aliphatic carboxylic acids is 1. The highest BCUT2D eigenvalue weighted by atomic mass is 32.1. The third-order valence-corrected chi connectivity index (χ3v) is 3.33. The monoisotopic (exact) mass is 326 g/mol. The molecule has 0 saturated heterocycles. The Labute approximate surface area is 133 Å². The summed E-state index contributed by atoms with van der Waals surface area (Å²) in [7, 11) is 0. The van der Waals surface area contributed by atoms with Crippen LogP contribution in [0.1, 0.15) is 13.8 Å². The average Bonchev–Trinajstić information content (AvgIpc) is 2.45. The molecule has 1 aromatic rings. The molecule has 1 rings (SSSR count). The average molecular weight is 326 g/mol. The maximum absolute atomic E-state index is 12.2. The molecule has 0 saturated carbocycles. The van der Waals surface area contributed by atoms with Gasteiger partial charge in [-0.3, -0.25) is 19.3 Å².